The minimum Gasteiger partial charge on any atom is -0.390 e. The molecule has 1 aromatic carbocycles. The van der Waals surface area contributed by atoms with Crippen LogP contribution in [0.15, 0.2) is 18.2 Å². The van der Waals surface area contributed by atoms with Crippen LogP contribution >= 0.6 is 0 Å². The molecule has 3 N–H and O–H groups in total. The summed E-state index contributed by atoms with van der Waals surface area (Å²) in [6, 6.07) is 2.66. The molecule has 0 spiro atoms. The number of hydrogen-bond donors (Lipinski definition) is 3. The highest BCUT2D eigenvalue weighted by atomic mass is 19.1. The summed E-state index contributed by atoms with van der Waals surface area (Å²) < 4.78 is 26.9. The lowest BCUT2D eigenvalue weighted by Crippen LogP contribution is -2.50. The monoisotopic (exact) mass is 382 g/mol. The Morgan fingerprint density at radius 3 is 2.37 bits per heavy atom. The molecular formula is C21H32F2N2O2. The summed E-state index contributed by atoms with van der Waals surface area (Å²) >= 11 is 0. The van der Waals surface area contributed by atoms with Gasteiger partial charge in [-0.1, -0.05) is 26.7 Å². The summed E-state index contributed by atoms with van der Waals surface area (Å²) in [5.74, 6) is -0.932. The maximum atomic E-state index is 13.4. The molecule has 2 unspecified atom stereocenters. The van der Waals surface area contributed by atoms with E-state index in [-0.39, 0.29) is 17.9 Å². The maximum Gasteiger partial charge on any atom is 0.217 e. The molecule has 0 radical (unpaired) electrons. The summed E-state index contributed by atoms with van der Waals surface area (Å²) in [6.07, 6.45) is 4.93. The predicted octanol–water partition coefficient (Wildman–Crippen LogP) is 3.32. The summed E-state index contributed by atoms with van der Waals surface area (Å²) in [5.41, 5.74) is 0.505. The fraction of sp³-hybridized carbons (Fsp3) is 0.667. The van der Waals surface area contributed by atoms with Crippen molar-refractivity contribution in [3.63, 3.8) is 0 Å². The van der Waals surface area contributed by atoms with Crippen LogP contribution in [0.25, 0.3) is 0 Å². The zero-order chi connectivity index (χ0) is 20.0. The number of hydrogen-bond acceptors (Lipinski definition) is 3. The molecule has 1 aromatic rings. The largest absolute Gasteiger partial charge is 0.390 e. The van der Waals surface area contributed by atoms with Crippen LogP contribution < -0.4 is 10.6 Å². The van der Waals surface area contributed by atoms with Crippen molar-refractivity contribution in [2.24, 2.45) is 5.92 Å². The molecule has 1 fully saturated rings. The van der Waals surface area contributed by atoms with Gasteiger partial charge in [0.15, 0.2) is 0 Å². The lowest BCUT2D eigenvalue weighted by Gasteiger charge is -2.27. The highest BCUT2D eigenvalue weighted by Gasteiger charge is 2.41. The summed E-state index contributed by atoms with van der Waals surface area (Å²) in [6.45, 7) is 6.13. The lowest BCUT2D eigenvalue weighted by atomic mass is 9.99. The Kier molecular flexibility index (Phi) is 7.74. The second-order valence-corrected chi connectivity index (χ2v) is 8.30. The molecule has 152 valence electrons. The highest BCUT2D eigenvalue weighted by molar-refractivity contribution is 5.73. The third-order valence-corrected chi connectivity index (χ3v) is 5.21. The fourth-order valence-electron chi connectivity index (χ4n) is 3.51. The van der Waals surface area contributed by atoms with E-state index >= 15 is 0 Å². The molecular weight excluding hydrogens is 350 g/mol. The quantitative estimate of drug-likeness (QED) is 0.550. The van der Waals surface area contributed by atoms with E-state index in [2.05, 4.69) is 24.5 Å². The van der Waals surface area contributed by atoms with Gasteiger partial charge in [-0.05, 0) is 49.3 Å². The normalized spacial score (nSPS) is 17.6. The number of halogens is 2. The van der Waals surface area contributed by atoms with Gasteiger partial charge in [0, 0.05) is 25.1 Å². The minimum absolute atomic E-state index is 0.0988. The minimum atomic E-state index is -0.845. The van der Waals surface area contributed by atoms with E-state index in [9.17, 15) is 18.7 Å². The number of β-amino-alcohol motifs (C(OH)–C–C–N with tert-alkyl or cyclic N) is 1. The van der Waals surface area contributed by atoms with Crippen molar-refractivity contribution in [3.05, 3.63) is 35.4 Å². The van der Waals surface area contributed by atoms with Gasteiger partial charge in [0.1, 0.15) is 11.6 Å². The van der Waals surface area contributed by atoms with Crippen molar-refractivity contribution in [2.45, 2.75) is 77.0 Å². The van der Waals surface area contributed by atoms with Crippen molar-refractivity contribution in [1.29, 1.82) is 0 Å². The molecule has 2 atom stereocenters. The zero-order valence-electron chi connectivity index (χ0n) is 16.5. The highest BCUT2D eigenvalue weighted by Crippen LogP contribution is 2.40. The van der Waals surface area contributed by atoms with E-state index in [1.165, 1.54) is 25.5 Å². The van der Waals surface area contributed by atoms with E-state index in [0.717, 1.165) is 31.7 Å². The Labute approximate surface area is 160 Å². The van der Waals surface area contributed by atoms with Crippen LogP contribution in [0.5, 0.6) is 0 Å². The van der Waals surface area contributed by atoms with Crippen LogP contribution in [0, 0.1) is 17.6 Å². The van der Waals surface area contributed by atoms with E-state index in [4.69, 9.17) is 0 Å². The number of nitrogens with one attached hydrogen (secondary N) is 2. The van der Waals surface area contributed by atoms with Crippen molar-refractivity contribution in [1.82, 2.24) is 10.6 Å². The molecule has 0 saturated heterocycles. The van der Waals surface area contributed by atoms with Crippen LogP contribution in [0.1, 0.15) is 58.4 Å². The first-order valence-corrected chi connectivity index (χ1v) is 9.84. The van der Waals surface area contributed by atoms with Crippen LogP contribution in [-0.4, -0.2) is 35.2 Å². The van der Waals surface area contributed by atoms with Crippen molar-refractivity contribution >= 4 is 5.91 Å². The average molecular weight is 382 g/mol. The maximum absolute atomic E-state index is 13.4. The Bertz CT molecular complexity index is 612. The van der Waals surface area contributed by atoms with Gasteiger partial charge in [0.05, 0.1) is 12.1 Å². The first-order valence-electron chi connectivity index (χ1n) is 9.84. The van der Waals surface area contributed by atoms with Crippen molar-refractivity contribution < 1.29 is 18.7 Å². The first kappa shape index (κ1) is 21.8. The van der Waals surface area contributed by atoms with E-state index in [0.29, 0.717) is 18.0 Å². The zero-order valence-corrected chi connectivity index (χ0v) is 16.5. The van der Waals surface area contributed by atoms with Gasteiger partial charge < -0.3 is 15.7 Å². The van der Waals surface area contributed by atoms with Crippen LogP contribution in [0.2, 0.25) is 0 Å². The fourth-order valence-corrected chi connectivity index (χ4v) is 3.51. The topological polar surface area (TPSA) is 61.4 Å². The van der Waals surface area contributed by atoms with Crippen molar-refractivity contribution in [3.8, 4) is 0 Å². The van der Waals surface area contributed by atoms with Crippen LogP contribution in [-0.2, 0) is 11.2 Å². The molecule has 0 aromatic heterocycles. The number of carbonyl (C=O) groups excluding carboxylic acids is 1. The molecule has 1 amide bonds. The average Bonchev–Trinajstić information content (AvgIpc) is 3.30. The molecule has 0 heterocycles. The molecule has 6 heteroatoms. The molecule has 0 bridgehead atoms. The van der Waals surface area contributed by atoms with Gasteiger partial charge in [-0.3, -0.25) is 4.79 Å². The van der Waals surface area contributed by atoms with Crippen LogP contribution in [0.4, 0.5) is 8.78 Å². The Balaban J connectivity index is 1.92. The molecule has 0 aliphatic heterocycles. The molecule has 1 saturated carbocycles. The number of aliphatic hydroxyl groups excluding tert-OH is 1. The van der Waals surface area contributed by atoms with Crippen molar-refractivity contribution in [2.75, 3.05) is 6.54 Å². The summed E-state index contributed by atoms with van der Waals surface area (Å²) in [7, 11) is 0. The second-order valence-electron chi connectivity index (χ2n) is 8.30. The third kappa shape index (κ3) is 7.54. The Hall–Kier alpha value is -1.53. The number of carbonyl (C=O) groups is 1. The number of aliphatic hydroxyl groups is 1. The van der Waals surface area contributed by atoms with Gasteiger partial charge >= 0.3 is 0 Å². The van der Waals surface area contributed by atoms with Gasteiger partial charge in [-0.15, -0.1) is 0 Å². The van der Waals surface area contributed by atoms with E-state index in [1.807, 2.05) is 0 Å². The van der Waals surface area contributed by atoms with E-state index in [1.54, 1.807) is 0 Å². The van der Waals surface area contributed by atoms with E-state index < -0.39 is 23.8 Å². The number of rotatable bonds is 11. The molecule has 2 rings (SSSR count). The SMILES string of the molecule is CC(=O)NC(Cc1cc(F)cc(F)c1)C(O)CNC1(CCCC(C)C)CC1. The lowest BCUT2D eigenvalue weighted by molar-refractivity contribution is -0.120. The number of amides is 1. The standard InChI is InChI=1S/C21H32F2N2O2/c1-14(2)5-4-6-21(7-8-21)24-13-20(27)19(25-15(3)26)11-16-9-17(22)12-18(23)10-16/h9-10,12,14,19-20,24,27H,4-8,11,13H2,1-3H3,(H,25,26). The molecule has 1 aliphatic rings. The molecule has 1 aliphatic carbocycles. The predicted molar refractivity (Wildman–Crippen MR) is 102 cm³/mol. The Morgan fingerprint density at radius 2 is 1.85 bits per heavy atom. The van der Waals surface area contributed by atoms with Gasteiger partial charge in [-0.2, -0.15) is 0 Å². The molecule has 27 heavy (non-hydrogen) atoms. The van der Waals surface area contributed by atoms with Gasteiger partial charge in [0.25, 0.3) is 0 Å². The van der Waals surface area contributed by atoms with Gasteiger partial charge in [-0.25, -0.2) is 8.78 Å². The Morgan fingerprint density at radius 1 is 1.22 bits per heavy atom. The summed E-state index contributed by atoms with van der Waals surface area (Å²) in [4.78, 5) is 11.5. The number of benzene rings is 1. The first-order chi connectivity index (χ1) is 12.7. The second kappa shape index (κ2) is 9.60. The smallest absolute Gasteiger partial charge is 0.217 e. The van der Waals surface area contributed by atoms with Crippen LogP contribution in [0.3, 0.4) is 0 Å². The van der Waals surface area contributed by atoms with Gasteiger partial charge in [0.2, 0.25) is 5.91 Å². The molecule has 4 nitrogen and oxygen atoms in total. The summed E-state index contributed by atoms with van der Waals surface area (Å²) in [5, 5.41) is 16.8. The third-order valence-electron chi connectivity index (χ3n) is 5.21.